The molecule has 2 aliphatic rings. The number of carbonyl (C=O) groups excluding carboxylic acids is 1. The summed E-state index contributed by atoms with van der Waals surface area (Å²) in [5, 5.41) is 10.2. The number of rotatable bonds is 7. The van der Waals surface area contributed by atoms with E-state index in [-0.39, 0.29) is 41.5 Å². The molecule has 0 saturated carbocycles. The number of alkyl halides is 5. The molecule has 1 atom stereocenters. The van der Waals surface area contributed by atoms with E-state index < -0.39 is 29.6 Å². The number of ether oxygens (including phenoxy) is 1. The van der Waals surface area contributed by atoms with Crippen molar-refractivity contribution in [3.8, 4) is 11.5 Å². The normalized spacial score (nSPS) is 20.7. The van der Waals surface area contributed by atoms with Gasteiger partial charge in [-0.1, -0.05) is 17.7 Å². The average molecular weight is 576 g/mol. The van der Waals surface area contributed by atoms with E-state index in [2.05, 4.69) is 4.90 Å². The van der Waals surface area contributed by atoms with E-state index in [9.17, 15) is 31.9 Å². The quantitative estimate of drug-likeness (QED) is 0.462. The lowest BCUT2D eigenvalue weighted by molar-refractivity contribution is -0.137. The molecule has 39 heavy (non-hydrogen) atoms. The Kier molecular flexibility index (Phi) is 8.92. The van der Waals surface area contributed by atoms with Gasteiger partial charge in [0.1, 0.15) is 11.5 Å². The van der Waals surface area contributed by atoms with E-state index in [1.54, 1.807) is 17.0 Å². The van der Waals surface area contributed by atoms with Crippen molar-refractivity contribution < 1.29 is 36.6 Å². The highest BCUT2D eigenvalue weighted by Gasteiger charge is 2.36. The van der Waals surface area contributed by atoms with E-state index in [1.807, 2.05) is 4.90 Å². The molecule has 2 aliphatic heterocycles. The van der Waals surface area contributed by atoms with Crippen molar-refractivity contribution >= 4 is 17.5 Å². The zero-order valence-corrected chi connectivity index (χ0v) is 22.2. The number of carbonyl (C=O) groups is 1. The van der Waals surface area contributed by atoms with Crippen LogP contribution in [0.2, 0.25) is 5.02 Å². The first-order valence-electron chi connectivity index (χ1n) is 12.7. The summed E-state index contributed by atoms with van der Waals surface area (Å²) in [4.78, 5) is 19.3. The van der Waals surface area contributed by atoms with Crippen LogP contribution in [0.3, 0.4) is 0 Å². The van der Waals surface area contributed by atoms with Gasteiger partial charge in [0.2, 0.25) is 0 Å². The van der Waals surface area contributed by atoms with Crippen molar-refractivity contribution in [2.45, 2.75) is 37.4 Å². The van der Waals surface area contributed by atoms with E-state index >= 15 is 0 Å². The van der Waals surface area contributed by atoms with Gasteiger partial charge in [-0.05, 0) is 42.3 Å². The zero-order chi connectivity index (χ0) is 28.4. The van der Waals surface area contributed by atoms with Crippen LogP contribution in [-0.4, -0.2) is 90.6 Å². The molecule has 0 bridgehead atoms. The van der Waals surface area contributed by atoms with Crippen molar-refractivity contribution in [2.24, 2.45) is 0 Å². The van der Waals surface area contributed by atoms with Gasteiger partial charge in [0, 0.05) is 70.3 Å². The minimum atomic E-state index is -4.65. The predicted molar refractivity (Wildman–Crippen MR) is 137 cm³/mol. The molecule has 1 amide bonds. The van der Waals surface area contributed by atoms with Gasteiger partial charge in [0.05, 0.1) is 17.7 Å². The number of amides is 1. The first kappa shape index (κ1) is 29.4. The van der Waals surface area contributed by atoms with Crippen LogP contribution in [0.5, 0.6) is 11.5 Å². The number of phenolic OH excluding ortho intramolecular Hbond substituents is 1. The summed E-state index contributed by atoms with van der Waals surface area (Å²) in [6.45, 7) is 3.01. The van der Waals surface area contributed by atoms with Gasteiger partial charge in [-0.3, -0.25) is 9.69 Å². The van der Waals surface area contributed by atoms with Crippen molar-refractivity contribution in [3.63, 3.8) is 0 Å². The highest BCUT2D eigenvalue weighted by atomic mass is 35.5. The average Bonchev–Trinajstić information content (AvgIpc) is 2.89. The molecule has 0 aliphatic carbocycles. The second-order valence-electron chi connectivity index (χ2n) is 10.1. The van der Waals surface area contributed by atoms with Crippen LogP contribution in [0.15, 0.2) is 36.4 Å². The molecule has 1 N–H and O–H groups in total. The number of nitrogens with zero attached hydrogens (tertiary/aromatic N) is 3. The molecule has 12 heteroatoms. The highest BCUT2D eigenvalue weighted by molar-refractivity contribution is 6.32. The Morgan fingerprint density at radius 1 is 1.05 bits per heavy atom. The van der Waals surface area contributed by atoms with Crippen LogP contribution in [0.25, 0.3) is 0 Å². The molecule has 214 valence electrons. The molecular weight excluding hydrogens is 545 g/mol. The summed E-state index contributed by atoms with van der Waals surface area (Å²) in [6.07, 6.45) is -4.66. The number of phenols is 1. The molecule has 2 fully saturated rings. The molecule has 2 aromatic rings. The van der Waals surface area contributed by atoms with Crippen LogP contribution in [0, 0.1) is 0 Å². The number of methoxy groups -OCH3 is 1. The first-order chi connectivity index (χ1) is 18.3. The zero-order valence-electron chi connectivity index (χ0n) is 21.5. The van der Waals surface area contributed by atoms with Crippen molar-refractivity contribution in [1.29, 1.82) is 0 Å². The molecule has 0 spiro atoms. The molecule has 2 saturated heterocycles. The summed E-state index contributed by atoms with van der Waals surface area (Å²) in [5.41, 5.74) is -0.398. The Morgan fingerprint density at radius 2 is 1.74 bits per heavy atom. The number of piperidine rings is 1. The Labute approximate surface area is 228 Å². The van der Waals surface area contributed by atoms with Gasteiger partial charge in [-0.2, -0.15) is 13.2 Å². The number of aromatic hydroxyl groups is 1. The maximum Gasteiger partial charge on any atom is 0.416 e. The van der Waals surface area contributed by atoms with E-state index in [0.29, 0.717) is 51.3 Å². The third-order valence-electron chi connectivity index (χ3n) is 7.35. The maximum atomic E-state index is 13.6. The SMILES string of the molecule is COc1cc(C(=O)N2CCN(CCN3CCC(F)(F)CC3)C[C@H]2Cc2ccc(Cl)c(O)c2)cc(C(F)(F)F)c1. The molecule has 6 nitrogen and oxygen atoms in total. The van der Waals surface area contributed by atoms with E-state index in [0.717, 1.165) is 12.1 Å². The topological polar surface area (TPSA) is 56.2 Å². The molecule has 2 heterocycles. The third kappa shape index (κ3) is 7.52. The lowest BCUT2D eigenvalue weighted by Gasteiger charge is -2.42. The maximum absolute atomic E-state index is 13.6. The van der Waals surface area contributed by atoms with Gasteiger partial charge < -0.3 is 19.6 Å². The fourth-order valence-corrected chi connectivity index (χ4v) is 5.20. The van der Waals surface area contributed by atoms with E-state index in [4.69, 9.17) is 16.3 Å². The predicted octanol–water partition coefficient (Wildman–Crippen LogP) is 5.17. The standard InChI is InChI=1S/C27H31ClF5N3O3/c1-39-22-15-19(14-20(16-22)27(31,32)33)25(38)36-11-10-35(9-8-34-6-4-26(29,30)5-7-34)17-21(36)12-18-2-3-23(28)24(37)13-18/h2-3,13-16,21,37H,4-12,17H2,1H3/t21-/m1/s1. The van der Waals surface area contributed by atoms with Gasteiger partial charge in [0.15, 0.2) is 0 Å². The minimum Gasteiger partial charge on any atom is -0.506 e. The number of hydrogen-bond acceptors (Lipinski definition) is 5. The van der Waals surface area contributed by atoms with Crippen LogP contribution in [0.1, 0.15) is 34.3 Å². The van der Waals surface area contributed by atoms with Gasteiger partial charge in [-0.25, -0.2) is 8.78 Å². The van der Waals surface area contributed by atoms with Crippen molar-refractivity contribution in [2.75, 3.05) is 52.9 Å². The van der Waals surface area contributed by atoms with Gasteiger partial charge >= 0.3 is 6.18 Å². The summed E-state index contributed by atoms with van der Waals surface area (Å²) < 4.78 is 72.5. The largest absolute Gasteiger partial charge is 0.506 e. The minimum absolute atomic E-state index is 0.0712. The van der Waals surface area contributed by atoms with Crippen LogP contribution in [0.4, 0.5) is 22.0 Å². The van der Waals surface area contributed by atoms with Crippen LogP contribution >= 0.6 is 11.6 Å². The molecular formula is C27H31ClF5N3O3. The van der Waals surface area contributed by atoms with Crippen molar-refractivity contribution in [3.05, 3.63) is 58.1 Å². The summed E-state index contributed by atoms with van der Waals surface area (Å²) >= 11 is 5.94. The van der Waals surface area contributed by atoms with Gasteiger partial charge in [0.25, 0.3) is 11.8 Å². The lowest BCUT2D eigenvalue weighted by Crippen LogP contribution is -2.57. The summed E-state index contributed by atoms with van der Waals surface area (Å²) in [5.74, 6) is -3.35. The molecule has 2 aromatic carbocycles. The van der Waals surface area contributed by atoms with Crippen molar-refractivity contribution in [1.82, 2.24) is 14.7 Å². The second-order valence-corrected chi connectivity index (χ2v) is 10.5. The number of piperazine rings is 1. The lowest BCUT2D eigenvalue weighted by atomic mass is 9.99. The first-order valence-corrected chi connectivity index (χ1v) is 13.1. The monoisotopic (exact) mass is 575 g/mol. The fraction of sp³-hybridized carbons (Fsp3) is 0.519. The van der Waals surface area contributed by atoms with Gasteiger partial charge in [-0.15, -0.1) is 0 Å². The third-order valence-corrected chi connectivity index (χ3v) is 7.67. The summed E-state index contributed by atoms with van der Waals surface area (Å²) in [7, 11) is 1.24. The highest BCUT2D eigenvalue weighted by Crippen LogP contribution is 2.34. The van der Waals surface area contributed by atoms with E-state index in [1.165, 1.54) is 19.2 Å². The van der Waals surface area contributed by atoms with Crippen LogP contribution in [-0.2, 0) is 12.6 Å². The number of halogens is 6. The molecule has 0 aromatic heterocycles. The Morgan fingerprint density at radius 3 is 2.38 bits per heavy atom. The Bertz CT molecular complexity index is 1170. The Balaban J connectivity index is 1.53. The fourth-order valence-electron chi connectivity index (χ4n) is 5.08. The number of hydrogen-bond donors (Lipinski definition) is 1. The van der Waals surface area contributed by atoms with Crippen LogP contribution < -0.4 is 4.74 Å². The molecule has 4 rings (SSSR count). The second kappa shape index (κ2) is 11.9. The molecule has 0 unspecified atom stereocenters. The smallest absolute Gasteiger partial charge is 0.416 e. The Hall–Kier alpha value is -2.63. The molecule has 0 radical (unpaired) electrons. The summed E-state index contributed by atoms with van der Waals surface area (Å²) in [6, 6.07) is 7.33. The number of likely N-dealkylation sites (tertiary alicyclic amines) is 1. The number of benzene rings is 2.